The first kappa shape index (κ1) is 14.8. The van der Waals surface area contributed by atoms with E-state index in [1.165, 1.54) is 24.8 Å². The van der Waals surface area contributed by atoms with E-state index in [-0.39, 0.29) is 0 Å². The van der Waals surface area contributed by atoms with E-state index in [4.69, 9.17) is 9.47 Å². The van der Waals surface area contributed by atoms with Gasteiger partial charge in [0.25, 0.3) is 0 Å². The number of halogens is 2. The lowest BCUT2D eigenvalue weighted by atomic mass is 10.1. The summed E-state index contributed by atoms with van der Waals surface area (Å²) < 4.78 is 12.7. The molecular formula is C13H18Br2O2. The minimum absolute atomic E-state index is 0.816. The smallest absolute Gasteiger partial charge is 0.137 e. The van der Waals surface area contributed by atoms with Gasteiger partial charge in [-0.15, -0.1) is 0 Å². The van der Waals surface area contributed by atoms with E-state index in [9.17, 15) is 0 Å². The van der Waals surface area contributed by atoms with Crippen molar-refractivity contribution >= 4 is 31.9 Å². The maximum absolute atomic E-state index is 5.34. The molecule has 0 N–H and O–H groups in total. The highest BCUT2D eigenvalue weighted by molar-refractivity contribution is 9.11. The average molecular weight is 366 g/mol. The van der Waals surface area contributed by atoms with Crippen molar-refractivity contribution in [2.75, 3.05) is 14.2 Å². The molecule has 4 heteroatoms. The van der Waals surface area contributed by atoms with Gasteiger partial charge in [-0.05, 0) is 50.3 Å². The summed E-state index contributed by atoms with van der Waals surface area (Å²) in [5.74, 6) is 1.63. The first-order valence-corrected chi connectivity index (χ1v) is 7.33. The highest BCUT2D eigenvalue weighted by Crippen LogP contribution is 2.41. The lowest BCUT2D eigenvalue weighted by Crippen LogP contribution is -1.97. The topological polar surface area (TPSA) is 18.5 Å². The minimum atomic E-state index is 0.816. The van der Waals surface area contributed by atoms with Crippen LogP contribution >= 0.6 is 31.9 Å². The third-order valence-corrected chi connectivity index (χ3v) is 4.43. The number of hydrogen-bond donors (Lipinski definition) is 0. The Bertz CT molecular complexity index is 350. The van der Waals surface area contributed by atoms with Crippen molar-refractivity contribution in [3.8, 4) is 11.5 Å². The molecule has 1 aromatic carbocycles. The Morgan fingerprint density at radius 2 is 1.53 bits per heavy atom. The van der Waals surface area contributed by atoms with Gasteiger partial charge < -0.3 is 9.47 Å². The molecular weight excluding hydrogens is 348 g/mol. The standard InChI is InChI=1S/C13H18Br2O2/c1-4-5-6-7-9-12(14)10(16-2)8-11(17-3)13(9)15/h8H,4-7H2,1-3H3. The highest BCUT2D eigenvalue weighted by atomic mass is 79.9. The lowest BCUT2D eigenvalue weighted by molar-refractivity contribution is 0.389. The van der Waals surface area contributed by atoms with Crippen LogP contribution in [0.4, 0.5) is 0 Å². The molecule has 0 heterocycles. The van der Waals surface area contributed by atoms with Crippen LogP contribution in [0.5, 0.6) is 11.5 Å². The maximum Gasteiger partial charge on any atom is 0.137 e. The Morgan fingerprint density at radius 1 is 1.00 bits per heavy atom. The van der Waals surface area contributed by atoms with Crippen molar-refractivity contribution < 1.29 is 9.47 Å². The number of ether oxygens (including phenoxy) is 2. The van der Waals surface area contributed by atoms with Gasteiger partial charge in [-0.2, -0.15) is 0 Å². The van der Waals surface area contributed by atoms with Gasteiger partial charge in [-0.25, -0.2) is 0 Å². The molecule has 0 atom stereocenters. The monoisotopic (exact) mass is 364 g/mol. The van der Waals surface area contributed by atoms with Crippen molar-refractivity contribution in [3.05, 3.63) is 20.6 Å². The van der Waals surface area contributed by atoms with Crippen LogP contribution in [0.15, 0.2) is 15.0 Å². The van der Waals surface area contributed by atoms with Crippen molar-refractivity contribution in [2.24, 2.45) is 0 Å². The highest BCUT2D eigenvalue weighted by Gasteiger charge is 2.15. The van der Waals surface area contributed by atoms with Gasteiger partial charge in [0.1, 0.15) is 11.5 Å². The Hall–Kier alpha value is -0.220. The molecule has 0 fully saturated rings. The fourth-order valence-electron chi connectivity index (χ4n) is 1.71. The molecule has 0 aromatic heterocycles. The number of hydrogen-bond acceptors (Lipinski definition) is 2. The number of benzene rings is 1. The molecule has 1 rings (SSSR count). The Labute approximate surface area is 120 Å². The Morgan fingerprint density at radius 3 is 1.94 bits per heavy atom. The van der Waals surface area contributed by atoms with Crippen LogP contribution in [0.1, 0.15) is 31.7 Å². The average Bonchev–Trinajstić information content (AvgIpc) is 2.34. The SMILES string of the molecule is CCCCCc1c(Br)c(OC)cc(OC)c1Br. The van der Waals surface area contributed by atoms with E-state index >= 15 is 0 Å². The van der Waals surface area contributed by atoms with Crippen LogP contribution in [0.2, 0.25) is 0 Å². The summed E-state index contributed by atoms with van der Waals surface area (Å²) in [6.07, 6.45) is 4.64. The molecule has 96 valence electrons. The fraction of sp³-hybridized carbons (Fsp3) is 0.538. The first-order valence-electron chi connectivity index (χ1n) is 5.74. The summed E-state index contributed by atoms with van der Waals surface area (Å²) in [4.78, 5) is 0. The van der Waals surface area contributed by atoms with Gasteiger partial charge in [0.15, 0.2) is 0 Å². The van der Waals surface area contributed by atoms with Crippen LogP contribution in [0.25, 0.3) is 0 Å². The molecule has 17 heavy (non-hydrogen) atoms. The minimum Gasteiger partial charge on any atom is -0.495 e. The second kappa shape index (κ2) is 7.27. The molecule has 1 aromatic rings. The van der Waals surface area contributed by atoms with Crippen LogP contribution in [-0.2, 0) is 6.42 Å². The van der Waals surface area contributed by atoms with E-state index in [1.54, 1.807) is 14.2 Å². The van der Waals surface area contributed by atoms with E-state index in [2.05, 4.69) is 38.8 Å². The van der Waals surface area contributed by atoms with E-state index in [0.29, 0.717) is 0 Å². The maximum atomic E-state index is 5.34. The second-order valence-corrected chi connectivity index (χ2v) is 5.43. The zero-order valence-electron chi connectivity index (χ0n) is 10.5. The van der Waals surface area contributed by atoms with Crippen molar-refractivity contribution in [1.82, 2.24) is 0 Å². The zero-order chi connectivity index (χ0) is 12.8. The third-order valence-electron chi connectivity index (χ3n) is 2.69. The fourth-order valence-corrected chi connectivity index (χ4v) is 3.32. The Kier molecular flexibility index (Phi) is 6.34. The van der Waals surface area contributed by atoms with E-state index < -0.39 is 0 Å². The van der Waals surface area contributed by atoms with Crippen molar-refractivity contribution in [2.45, 2.75) is 32.6 Å². The Balaban J connectivity index is 3.06. The summed E-state index contributed by atoms with van der Waals surface area (Å²) in [5.41, 5.74) is 1.22. The summed E-state index contributed by atoms with van der Waals surface area (Å²) >= 11 is 7.19. The number of methoxy groups -OCH3 is 2. The summed E-state index contributed by atoms with van der Waals surface area (Å²) in [6, 6.07) is 1.89. The van der Waals surface area contributed by atoms with Gasteiger partial charge in [0, 0.05) is 6.07 Å². The molecule has 0 bridgehead atoms. The summed E-state index contributed by atoms with van der Waals surface area (Å²) in [6.45, 7) is 2.20. The number of rotatable bonds is 6. The van der Waals surface area contributed by atoms with Gasteiger partial charge in [-0.1, -0.05) is 19.8 Å². The second-order valence-electron chi connectivity index (χ2n) is 3.84. The number of unbranched alkanes of at least 4 members (excludes halogenated alkanes) is 2. The molecule has 2 nitrogen and oxygen atoms in total. The van der Waals surface area contributed by atoms with Gasteiger partial charge >= 0.3 is 0 Å². The van der Waals surface area contributed by atoms with Crippen LogP contribution in [0.3, 0.4) is 0 Å². The molecule has 0 saturated carbocycles. The van der Waals surface area contributed by atoms with Gasteiger partial charge in [0.2, 0.25) is 0 Å². The summed E-state index contributed by atoms with van der Waals surface area (Å²) in [7, 11) is 3.34. The third kappa shape index (κ3) is 3.62. The van der Waals surface area contributed by atoms with E-state index in [1.807, 2.05) is 6.07 Å². The molecule has 0 aliphatic carbocycles. The molecule has 0 saturated heterocycles. The predicted molar refractivity (Wildman–Crippen MR) is 78.2 cm³/mol. The van der Waals surface area contributed by atoms with Crippen LogP contribution in [0, 0.1) is 0 Å². The van der Waals surface area contributed by atoms with Crippen LogP contribution < -0.4 is 9.47 Å². The lowest BCUT2D eigenvalue weighted by Gasteiger charge is -2.14. The van der Waals surface area contributed by atoms with Crippen molar-refractivity contribution in [3.63, 3.8) is 0 Å². The van der Waals surface area contributed by atoms with E-state index in [0.717, 1.165) is 26.9 Å². The molecule has 0 amide bonds. The normalized spacial score (nSPS) is 10.4. The molecule has 0 radical (unpaired) electrons. The molecule has 0 unspecified atom stereocenters. The van der Waals surface area contributed by atoms with Crippen molar-refractivity contribution in [1.29, 1.82) is 0 Å². The molecule has 0 aliphatic rings. The largest absolute Gasteiger partial charge is 0.495 e. The summed E-state index contributed by atoms with van der Waals surface area (Å²) in [5, 5.41) is 0. The first-order chi connectivity index (χ1) is 8.15. The van der Waals surface area contributed by atoms with Gasteiger partial charge in [-0.3, -0.25) is 0 Å². The zero-order valence-corrected chi connectivity index (χ0v) is 13.7. The quantitative estimate of drug-likeness (QED) is 0.663. The predicted octanol–water partition coefficient (Wildman–Crippen LogP) is 4.96. The van der Waals surface area contributed by atoms with Crippen LogP contribution in [-0.4, -0.2) is 14.2 Å². The van der Waals surface area contributed by atoms with Gasteiger partial charge in [0.05, 0.1) is 23.2 Å². The molecule has 0 aliphatic heterocycles. The molecule has 0 spiro atoms.